The molecule has 0 aromatic rings. The van der Waals surface area contributed by atoms with Gasteiger partial charge in [0.1, 0.15) is 0 Å². The third-order valence-corrected chi connectivity index (χ3v) is 2.73. The third kappa shape index (κ3) is 4.66. The second-order valence-electron chi connectivity index (χ2n) is 4.79. The predicted octanol–water partition coefficient (Wildman–Crippen LogP) is 1.13. The lowest BCUT2D eigenvalue weighted by Gasteiger charge is -2.28. The number of hydrogen-bond acceptors (Lipinski definition) is 4. The number of carbonyl (C=O) groups excluding carboxylic acids is 1. The molecule has 0 radical (unpaired) electrons. The van der Waals surface area contributed by atoms with Gasteiger partial charge in [0.25, 0.3) is 5.91 Å². The molecule has 2 atom stereocenters. The highest BCUT2D eigenvalue weighted by Gasteiger charge is 2.26. The van der Waals surface area contributed by atoms with Crippen molar-refractivity contribution in [1.82, 2.24) is 4.90 Å². The van der Waals surface area contributed by atoms with E-state index in [0.29, 0.717) is 12.4 Å². The molecule has 1 N–H and O–H groups in total. The molecule has 104 valence electrons. The van der Waals surface area contributed by atoms with E-state index in [0.717, 1.165) is 19.3 Å². The van der Waals surface area contributed by atoms with Gasteiger partial charge in [0, 0.05) is 27.1 Å². The van der Waals surface area contributed by atoms with Gasteiger partial charge < -0.3 is 19.5 Å². The summed E-state index contributed by atoms with van der Waals surface area (Å²) < 4.78 is 11.1. The Morgan fingerprint density at radius 2 is 2.28 bits per heavy atom. The van der Waals surface area contributed by atoms with Crippen molar-refractivity contribution < 1.29 is 19.4 Å². The van der Waals surface area contributed by atoms with Crippen LogP contribution in [0.1, 0.15) is 26.2 Å². The van der Waals surface area contributed by atoms with Crippen molar-refractivity contribution in [3.05, 3.63) is 11.8 Å². The van der Waals surface area contributed by atoms with Crippen molar-refractivity contribution in [3.63, 3.8) is 0 Å². The summed E-state index contributed by atoms with van der Waals surface area (Å²) in [5, 5.41) is 8.68. The lowest BCUT2D eigenvalue weighted by atomic mass is 10.0. The summed E-state index contributed by atoms with van der Waals surface area (Å²) in [4.78, 5) is 13.3. The Morgan fingerprint density at radius 1 is 1.56 bits per heavy atom. The van der Waals surface area contributed by atoms with Crippen molar-refractivity contribution >= 4 is 5.91 Å². The fourth-order valence-electron chi connectivity index (χ4n) is 1.73. The van der Waals surface area contributed by atoms with Crippen molar-refractivity contribution in [3.8, 4) is 0 Å². The molecule has 1 amide bonds. The molecule has 1 aliphatic heterocycles. The van der Waals surface area contributed by atoms with Gasteiger partial charge in [0.2, 0.25) is 6.29 Å². The maximum Gasteiger partial charge on any atom is 0.288 e. The van der Waals surface area contributed by atoms with Crippen LogP contribution in [0.2, 0.25) is 0 Å². The van der Waals surface area contributed by atoms with Crippen LogP contribution in [0.25, 0.3) is 0 Å². The number of likely N-dealkylation sites (N-methyl/N-ethyl adjacent to an activating group) is 1. The highest BCUT2D eigenvalue weighted by Crippen LogP contribution is 2.23. The minimum atomic E-state index is -0.359. The summed E-state index contributed by atoms with van der Waals surface area (Å²) in [5.41, 5.74) is 0. The van der Waals surface area contributed by atoms with E-state index in [1.54, 1.807) is 14.1 Å². The topological polar surface area (TPSA) is 59.0 Å². The normalized spacial score (nSPS) is 23.2. The zero-order valence-corrected chi connectivity index (χ0v) is 11.4. The van der Waals surface area contributed by atoms with Crippen molar-refractivity contribution in [2.45, 2.75) is 32.5 Å². The Labute approximate surface area is 108 Å². The Balaban J connectivity index is 2.45. The van der Waals surface area contributed by atoms with Gasteiger partial charge in [-0.05, 0) is 24.8 Å². The van der Waals surface area contributed by atoms with E-state index in [4.69, 9.17) is 14.6 Å². The first kappa shape index (κ1) is 15.0. The molecule has 5 heteroatoms. The smallest absolute Gasteiger partial charge is 0.288 e. The first-order valence-corrected chi connectivity index (χ1v) is 6.37. The van der Waals surface area contributed by atoms with E-state index in [1.165, 1.54) is 4.90 Å². The molecule has 0 spiro atoms. The Kier molecular flexibility index (Phi) is 6.15. The second-order valence-corrected chi connectivity index (χ2v) is 4.79. The van der Waals surface area contributed by atoms with Crippen LogP contribution in [0, 0.1) is 5.92 Å². The van der Waals surface area contributed by atoms with E-state index in [-0.39, 0.29) is 24.7 Å². The number of ether oxygens (including phenoxy) is 2. The molecule has 0 aliphatic carbocycles. The molecule has 0 saturated carbocycles. The van der Waals surface area contributed by atoms with Gasteiger partial charge in [-0.1, -0.05) is 6.92 Å². The van der Waals surface area contributed by atoms with Crippen LogP contribution in [0.4, 0.5) is 0 Å². The second kappa shape index (κ2) is 7.38. The number of unbranched alkanes of at least 4 members (excludes halogenated alkanes) is 1. The lowest BCUT2D eigenvalue weighted by Crippen LogP contribution is -2.32. The summed E-state index contributed by atoms with van der Waals surface area (Å²) in [6, 6.07) is 0. The summed E-state index contributed by atoms with van der Waals surface area (Å²) in [5.74, 6) is 0.497. The van der Waals surface area contributed by atoms with E-state index >= 15 is 0 Å². The van der Waals surface area contributed by atoms with Crippen LogP contribution >= 0.6 is 0 Å². The van der Waals surface area contributed by atoms with Crippen LogP contribution < -0.4 is 0 Å². The fourth-order valence-corrected chi connectivity index (χ4v) is 1.73. The Hall–Kier alpha value is -1.07. The summed E-state index contributed by atoms with van der Waals surface area (Å²) in [6.45, 7) is 2.76. The Bertz CT molecular complexity index is 301. The number of hydrogen-bond donors (Lipinski definition) is 1. The van der Waals surface area contributed by atoms with E-state index in [9.17, 15) is 4.79 Å². The molecule has 1 aliphatic rings. The van der Waals surface area contributed by atoms with Gasteiger partial charge in [-0.25, -0.2) is 0 Å². The number of amides is 1. The number of carbonyl (C=O) groups is 1. The number of aliphatic hydroxyl groups is 1. The minimum Gasteiger partial charge on any atom is -0.459 e. The van der Waals surface area contributed by atoms with Gasteiger partial charge in [-0.3, -0.25) is 4.79 Å². The predicted molar refractivity (Wildman–Crippen MR) is 67.7 cm³/mol. The van der Waals surface area contributed by atoms with Crippen LogP contribution in [0.15, 0.2) is 11.8 Å². The van der Waals surface area contributed by atoms with Crippen molar-refractivity contribution in [1.29, 1.82) is 0 Å². The summed E-state index contributed by atoms with van der Waals surface area (Å²) in [7, 11) is 3.39. The van der Waals surface area contributed by atoms with Gasteiger partial charge >= 0.3 is 0 Å². The number of aliphatic hydroxyl groups excluding tert-OH is 1. The quantitative estimate of drug-likeness (QED) is 0.725. The maximum atomic E-state index is 11.8. The van der Waals surface area contributed by atoms with E-state index in [2.05, 4.69) is 0 Å². The maximum absolute atomic E-state index is 11.8. The molecule has 0 saturated heterocycles. The largest absolute Gasteiger partial charge is 0.459 e. The zero-order valence-electron chi connectivity index (χ0n) is 11.4. The average molecular weight is 257 g/mol. The standard InChI is InChI=1S/C13H23NO4/c1-10-8-11(13(16)14(2)3)18-12(9-10)17-7-5-4-6-15/h8,10,12,15H,4-7,9H2,1-3H3/t10-,12+/m1/s1. The fraction of sp³-hybridized carbons (Fsp3) is 0.769. The lowest BCUT2D eigenvalue weighted by molar-refractivity contribution is -0.153. The molecular formula is C13H23NO4. The minimum absolute atomic E-state index is 0.134. The van der Waals surface area contributed by atoms with Gasteiger partial charge in [0.15, 0.2) is 5.76 Å². The molecule has 1 heterocycles. The summed E-state index contributed by atoms with van der Waals surface area (Å²) in [6.07, 6.45) is 3.76. The first-order valence-electron chi connectivity index (χ1n) is 6.37. The van der Waals surface area contributed by atoms with Gasteiger partial charge in [0.05, 0.1) is 6.61 Å². The molecular weight excluding hydrogens is 234 g/mol. The van der Waals surface area contributed by atoms with Crippen LogP contribution in [0.3, 0.4) is 0 Å². The van der Waals surface area contributed by atoms with Gasteiger partial charge in [-0.15, -0.1) is 0 Å². The van der Waals surface area contributed by atoms with Crippen LogP contribution in [-0.4, -0.2) is 49.5 Å². The van der Waals surface area contributed by atoms with E-state index in [1.807, 2.05) is 13.0 Å². The Morgan fingerprint density at radius 3 is 2.89 bits per heavy atom. The molecule has 0 aromatic heterocycles. The van der Waals surface area contributed by atoms with Gasteiger partial charge in [-0.2, -0.15) is 0 Å². The zero-order chi connectivity index (χ0) is 13.5. The molecule has 0 unspecified atom stereocenters. The molecule has 0 bridgehead atoms. The van der Waals surface area contributed by atoms with Crippen LogP contribution in [0.5, 0.6) is 0 Å². The van der Waals surface area contributed by atoms with Crippen molar-refractivity contribution in [2.24, 2.45) is 5.92 Å². The SMILES string of the molecule is C[C@@H]1C=C(C(=O)N(C)C)O[C@H](OCCCCO)C1. The molecule has 0 aromatic carbocycles. The number of nitrogens with zero attached hydrogens (tertiary/aromatic N) is 1. The third-order valence-electron chi connectivity index (χ3n) is 2.73. The number of allylic oxidation sites excluding steroid dienone is 1. The molecule has 1 rings (SSSR count). The highest BCUT2D eigenvalue weighted by atomic mass is 16.7. The average Bonchev–Trinajstić information content (AvgIpc) is 2.33. The van der Waals surface area contributed by atoms with Crippen molar-refractivity contribution in [2.75, 3.05) is 27.3 Å². The monoisotopic (exact) mass is 257 g/mol. The summed E-state index contributed by atoms with van der Waals surface area (Å²) >= 11 is 0. The molecule has 18 heavy (non-hydrogen) atoms. The number of rotatable bonds is 6. The molecule has 0 fully saturated rings. The molecule has 5 nitrogen and oxygen atoms in total. The van der Waals surface area contributed by atoms with E-state index < -0.39 is 0 Å². The van der Waals surface area contributed by atoms with Crippen LogP contribution in [-0.2, 0) is 14.3 Å². The first-order chi connectivity index (χ1) is 8.54. The highest BCUT2D eigenvalue weighted by molar-refractivity contribution is 5.91.